The minimum Gasteiger partial charge on any atom is -0.489 e. The van der Waals surface area contributed by atoms with Crippen LogP contribution in [0.5, 0.6) is 5.75 Å². The number of ether oxygens (including phenoxy) is 4. The van der Waals surface area contributed by atoms with Crippen LogP contribution in [0.25, 0.3) is 0 Å². The van der Waals surface area contributed by atoms with Crippen LogP contribution >= 0.6 is 0 Å². The first-order chi connectivity index (χ1) is 9.21. The topological polar surface area (TPSA) is 49.0 Å². The fourth-order valence-corrected chi connectivity index (χ4v) is 1.59. The molecule has 108 valence electrons. The van der Waals surface area contributed by atoms with Gasteiger partial charge in [-0.1, -0.05) is 6.07 Å². The first-order valence-corrected chi connectivity index (χ1v) is 6.23. The Balaban J connectivity index is 2.64. The molecule has 0 saturated heterocycles. The molecule has 0 radical (unpaired) electrons. The van der Waals surface area contributed by atoms with Crippen molar-refractivity contribution in [2.75, 3.05) is 46.4 Å². The van der Waals surface area contributed by atoms with E-state index in [0.29, 0.717) is 19.8 Å². The lowest BCUT2D eigenvalue weighted by Crippen LogP contribution is -2.23. The van der Waals surface area contributed by atoms with E-state index in [-0.39, 0.29) is 6.29 Å². The number of anilines is 1. The Morgan fingerprint density at radius 3 is 2.47 bits per heavy atom. The average molecular weight is 269 g/mol. The van der Waals surface area contributed by atoms with E-state index in [9.17, 15) is 0 Å². The Kier molecular flexibility index (Phi) is 7.25. The highest BCUT2D eigenvalue weighted by molar-refractivity contribution is 5.57. The summed E-state index contributed by atoms with van der Waals surface area (Å²) in [6.07, 6.45) is -0.284. The molecule has 1 N–H and O–H groups in total. The highest BCUT2D eigenvalue weighted by Gasteiger charge is 2.08. The molecular formula is C14H23NO4. The van der Waals surface area contributed by atoms with Gasteiger partial charge >= 0.3 is 0 Å². The molecule has 5 nitrogen and oxygen atoms in total. The zero-order valence-corrected chi connectivity index (χ0v) is 12.1. The van der Waals surface area contributed by atoms with Gasteiger partial charge in [-0.3, -0.25) is 0 Å². The summed E-state index contributed by atoms with van der Waals surface area (Å²) in [5.74, 6) is 0.808. The van der Waals surface area contributed by atoms with E-state index in [1.807, 2.05) is 25.1 Å². The number of hydrogen-bond acceptors (Lipinski definition) is 5. The maximum absolute atomic E-state index is 5.69. The van der Waals surface area contributed by atoms with Crippen LogP contribution < -0.4 is 10.1 Å². The number of hydrogen-bond donors (Lipinski definition) is 1. The van der Waals surface area contributed by atoms with Crippen molar-refractivity contribution >= 4 is 5.69 Å². The minimum atomic E-state index is -0.284. The maximum atomic E-state index is 5.69. The number of aryl methyl sites for hydroxylation is 1. The molecule has 0 saturated carbocycles. The third-order valence-corrected chi connectivity index (χ3v) is 2.67. The van der Waals surface area contributed by atoms with Gasteiger partial charge in [0, 0.05) is 21.3 Å². The molecule has 1 aromatic carbocycles. The van der Waals surface area contributed by atoms with Crippen LogP contribution in [0.4, 0.5) is 5.69 Å². The Labute approximate surface area is 114 Å². The summed E-state index contributed by atoms with van der Waals surface area (Å²) in [4.78, 5) is 0. The first kappa shape index (κ1) is 15.8. The standard InChI is InChI=1S/C14H23NO4/c1-11-5-6-12(15-10-14(17-3)18-4)13(9-11)19-8-7-16-2/h5-6,9,14-15H,7-8,10H2,1-4H3. The third kappa shape index (κ3) is 5.46. The van der Waals surface area contributed by atoms with Crippen LogP contribution in [0.1, 0.15) is 5.56 Å². The number of methoxy groups -OCH3 is 3. The second-order valence-corrected chi connectivity index (χ2v) is 4.12. The normalized spacial score (nSPS) is 10.8. The minimum absolute atomic E-state index is 0.284. The zero-order valence-electron chi connectivity index (χ0n) is 12.1. The third-order valence-electron chi connectivity index (χ3n) is 2.67. The monoisotopic (exact) mass is 269 g/mol. The van der Waals surface area contributed by atoms with Gasteiger partial charge in [-0.15, -0.1) is 0 Å². The van der Waals surface area contributed by atoms with Gasteiger partial charge in [-0.2, -0.15) is 0 Å². The molecule has 0 amide bonds. The van der Waals surface area contributed by atoms with Crippen LogP contribution in [0.2, 0.25) is 0 Å². The van der Waals surface area contributed by atoms with Gasteiger partial charge in [-0.05, 0) is 24.6 Å². The van der Waals surface area contributed by atoms with Crippen molar-refractivity contribution in [3.63, 3.8) is 0 Å². The summed E-state index contributed by atoms with van der Waals surface area (Å²) in [6, 6.07) is 6.01. The molecule has 0 spiro atoms. The van der Waals surface area contributed by atoms with Crippen LogP contribution in [-0.2, 0) is 14.2 Å². The number of nitrogens with one attached hydrogen (secondary N) is 1. The van der Waals surface area contributed by atoms with E-state index < -0.39 is 0 Å². The number of benzene rings is 1. The second kappa shape index (κ2) is 8.74. The van der Waals surface area contributed by atoms with Gasteiger partial charge in [0.25, 0.3) is 0 Å². The SMILES string of the molecule is COCCOc1cc(C)ccc1NCC(OC)OC. The molecule has 1 rings (SSSR count). The fourth-order valence-electron chi connectivity index (χ4n) is 1.59. The summed E-state index contributed by atoms with van der Waals surface area (Å²) < 4.78 is 20.9. The van der Waals surface area contributed by atoms with E-state index in [1.165, 1.54) is 0 Å². The second-order valence-electron chi connectivity index (χ2n) is 4.12. The lowest BCUT2D eigenvalue weighted by molar-refractivity contribution is -0.0914. The van der Waals surface area contributed by atoms with Gasteiger partial charge < -0.3 is 24.3 Å². The van der Waals surface area contributed by atoms with Crippen LogP contribution in [-0.4, -0.2) is 47.4 Å². The quantitative estimate of drug-likeness (QED) is 0.549. The Morgan fingerprint density at radius 1 is 1.11 bits per heavy atom. The van der Waals surface area contributed by atoms with Crippen LogP contribution in [0.15, 0.2) is 18.2 Å². The maximum Gasteiger partial charge on any atom is 0.173 e. The van der Waals surface area contributed by atoms with Crippen LogP contribution in [0, 0.1) is 6.92 Å². The molecule has 0 bridgehead atoms. The summed E-state index contributed by atoms with van der Waals surface area (Å²) in [5.41, 5.74) is 2.06. The van der Waals surface area contributed by atoms with Crippen molar-refractivity contribution < 1.29 is 18.9 Å². The lowest BCUT2D eigenvalue weighted by atomic mass is 10.2. The largest absolute Gasteiger partial charge is 0.489 e. The predicted octanol–water partition coefficient (Wildman–Crippen LogP) is 2.05. The van der Waals surface area contributed by atoms with Crippen molar-refractivity contribution in [1.29, 1.82) is 0 Å². The first-order valence-electron chi connectivity index (χ1n) is 6.23. The van der Waals surface area contributed by atoms with Gasteiger partial charge in [0.1, 0.15) is 12.4 Å². The summed E-state index contributed by atoms with van der Waals surface area (Å²) in [5, 5.41) is 3.25. The summed E-state index contributed by atoms with van der Waals surface area (Å²) in [6.45, 7) is 3.66. The molecule has 5 heteroatoms. The van der Waals surface area contributed by atoms with Crippen molar-refractivity contribution in [3.8, 4) is 5.75 Å². The Bertz CT molecular complexity index is 366. The predicted molar refractivity (Wildman–Crippen MR) is 74.8 cm³/mol. The Hall–Kier alpha value is -1.30. The van der Waals surface area contributed by atoms with Crippen LogP contribution in [0.3, 0.4) is 0 Å². The smallest absolute Gasteiger partial charge is 0.173 e. The van der Waals surface area contributed by atoms with Gasteiger partial charge in [0.15, 0.2) is 6.29 Å². The van der Waals surface area contributed by atoms with E-state index in [4.69, 9.17) is 18.9 Å². The number of rotatable bonds is 9. The molecule has 0 aliphatic heterocycles. The van der Waals surface area contributed by atoms with E-state index >= 15 is 0 Å². The highest BCUT2D eigenvalue weighted by Crippen LogP contribution is 2.25. The molecule has 0 fully saturated rings. The Morgan fingerprint density at radius 2 is 1.84 bits per heavy atom. The average Bonchev–Trinajstić information content (AvgIpc) is 2.42. The molecule has 0 unspecified atom stereocenters. The van der Waals surface area contributed by atoms with Crippen molar-refractivity contribution in [1.82, 2.24) is 0 Å². The highest BCUT2D eigenvalue weighted by atomic mass is 16.7. The summed E-state index contributed by atoms with van der Waals surface area (Å²) in [7, 11) is 4.88. The fraction of sp³-hybridized carbons (Fsp3) is 0.571. The molecule has 1 aromatic rings. The van der Waals surface area contributed by atoms with E-state index in [0.717, 1.165) is 17.0 Å². The van der Waals surface area contributed by atoms with Crippen molar-refractivity contribution in [2.45, 2.75) is 13.2 Å². The molecular weight excluding hydrogens is 246 g/mol. The van der Waals surface area contributed by atoms with Gasteiger partial charge in [-0.25, -0.2) is 0 Å². The lowest BCUT2D eigenvalue weighted by Gasteiger charge is -2.17. The van der Waals surface area contributed by atoms with E-state index in [2.05, 4.69) is 5.32 Å². The molecule has 0 aliphatic rings. The van der Waals surface area contributed by atoms with Crippen molar-refractivity contribution in [3.05, 3.63) is 23.8 Å². The molecule has 0 heterocycles. The molecule has 19 heavy (non-hydrogen) atoms. The molecule has 0 aliphatic carbocycles. The van der Waals surface area contributed by atoms with Gasteiger partial charge in [0.05, 0.1) is 18.8 Å². The van der Waals surface area contributed by atoms with Gasteiger partial charge in [0.2, 0.25) is 0 Å². The summed E-state index contributed by atoms with van der Waals surface area (Å²) >= 11 is 0. The van der Waals surface area contributed by atoms with E-state index in [1.54, 1.807) is 21.3 Å². The molecule has 0 aromatic heterocycles. The van der Waals surface area contributed by atoms with Crippen molar-refractivity contribution in [2.24, 2.45) is 0 Å². The zero-order chi connectivity index (χ0) is 14.1. The molecule has 0 atom stereocenters.